The first-order valence-electron chi connectivity index (χ1n) is 3.47. The second-order valence-corrected chi connectivity index (χ2v) is 2.52. The van der Waals surface area contributed by atoms with Crippen molar-refractivity contribution >= 4 is 11.3 Å². The Kier molecular flexibility index (Phi) is 2.11. The van der Waals surface area contributed by atoms with E-state index in [-0.39, 0.29) is 0 Å². The molecule has 0 fully saturated rings. The molecule has 2 N–H and O–H groups in total. The summed E-state index contributed by atoms with van der Waals surface area (Å²) in [5.74, 6) is 0. The van der Waals surface area contributed by atoms with Crippen molar-refractivity contribution < 1.29 is 0 Å². The summed E-state index contributed by atoms with van der Waals surface area (Å²) in [4.78, 5) is 4.01. The third kappa shape index (κ3) is 1.28. The highest BCUT2D eigenvalue weighted by Gasteiger charge is 2.06. The fourth-order valence-electron chi connectivity index (χ4n) is 0.918. The molecule has 0 unspecified atom stereocenters. The van der Waals surface area contributed by atoms with Crippen LogP contribution in [0.3, 0.4) is 0 Å². The first kappa shape index (κ1) is 8.28. The van der Waals surface area contributed by atoms with E-state index in [2.05, 4.69) is 11.6 Å². The van der Waals surface area contributed by atoms with Crippen molar-refractivity contribution in [2.75, 3.05) is 5.73 Å². The molecule has 0 bridgehead atoms. The Hall–Kier alpha value is -1.82. The van der Waals surface area contributed by atoms with E-state index in [1.807, 2.05) is 6.07 Å². The lowest BCUT2D eigenvalue weighted by atomic mass is 10.1. The summed E-state index contributed by atoms with van der Waals surface area (Å²) in [5, 5.41) is 8.74. The number of aromatic nitrogens is 1. The molecule has 12 heavy (non-hydrogen) atoms. The Morgan fingerprint density at radius 3 is 2.83 bits per heavy atom. The number of nitrogens with zero attached hydrogens (tertiary/aromatic N) is 2. The maximum Gasteiger partial charge on any atom is 0.104 e. The predicted octanol–water partition coefficient (Wildman–Crippen LogP) is 1.57. The smallest absolute Gasteiger partial charge is 0.104 e. The highest BCUT2D eigenvalue weighted by molar-refractivity contribution is 5.70. The zero-order valence-corrected chi connectivity index (χ0v) is 6.83. The van der Waals surface area contributed by atoms with Gasteiger partial charge in [0.05, 0.1) is 11.4 Å². The molecule has 1 rings (SSSR count). The van der Waals surface area contributed by atoms with Crippen LogP contribution in [0.1, 0.15) is 18.2 Å². The van der Waals surface area contributed by atoms with Gasteiger partial charge in [0.15, 0.2) is 0 Å². The van der Waals surface area contributed by atoms with Crippen LogP contribution in [0.5, 0.6) is 0 Å². The number of nitrogens with two attached hydrogens (primary N) is 1. The van der Waals surface area contributed by atoms with Crippen molar-refractivity contribution in [1.82, 2.24) is 4.98 Å². The maximum atomic E-state index is 8.74. The van der Waals surface area contributed by atoms with E-state index in [4.69, 9.17) is 11.0 Å². The van der Waals surface area contributed by atoms with E-state index in [1.165, 1.54) is 0 Å². The standard InChI is InChI=1S/C9H9N3/c1-6(2)9-7(5-10)8(11)3-4-12-9/h3-4H,1H2,2H3,(H2,11,12). The lowest BCUT2D eigenvalue weighted by Gasteiger charge is -2.02. The molecule has 0 aliphatic rings. The molecule has 0 amide bonds. The van der Waals surface area contributed by atoms with Crippen LogP contribution in [0.15, 0.2) is 18.8 Å². The van der Waals surface area contributed by atoms with Crippen molar-refractivity contribution in [3.63, 3.8) is 0 Å². The Bertz CT molecular complexity index is 361. The SMILES string of the molecule is C=C(C)c1nccc(N)c1C#N. The summed E-state index contributed by atoms with van der Waals surface area (Å²) in [5.41, 5.74) is 7.75. The molecular formula is C9H9N3. The number of nitrogen functional groups attached to an aromatic ring is 1. The van der Waals surface area contributed by atoms with E-state index in [0.717, 1.165) is 5.57 Å². The molecule has 0 saturated heterocycles. The zero-order chi connectivity index (χ0) is 9.14. The normalized spacial score (nSPS) is 9.00. The van der Waals surface area contributed by atoms with Gasteiger partial charge in [-0.3, -0.25) is 4.98 Å². The Balaban J connectivity index is 3.40. The van der Waals surface area contributed by atoms with Gasteiger partial charge in [-0.2, -0.15) is 5.26 Å². The summed E-state index contributed by atoms with van der Waals surface area (Å²) in [6.07, 6.45) is 1.57. The van der Waals surface area contributed by atoms with Gasteiger partial charge in [-0.05, 0) is 18.6 Å². The van der Waals surface area contributed by atoms with Gasteiger partial charge >= 0.3 is 0 Å². The van der Waals surface area contributed by atoms with Gasteiger partial charge in [-0.15, -0.1) is 0 Å². The van der Waals surface area contributed by atoms with Gasteiger partial charge in [-0.25, -0.2) is 0 Å². The van der Waals surface area contributed by atoms with Crippen LogP contribution in [-0.2, 0) is 0 Å². The third-order valence-electron chi connectivity index (χ3n) is 1.50. The van der Waals surface area contributed by atoms with Crippen LogP contribution in [0.4, 0.5) is 5.69 Å². The molecule has 3 nitrogen and oxygen atoms in total. The van der Waals surface area contributed by atoms with Crippen molar-refractivity contribution in [3.8, 4) is 6.07 Å². The molecule has 0 aliphatic heterocycles. The topological polar surface area (TPSA) is 62.7 Å². The van der Waals surface area contributed by atoms with E-state index in [9.17, 15) is 0 Å². The molecule has 0 atom stereocenters. The summed E-state index contributed by atoms with van der Waals surface area (Å²) in [6.45, 7) is 5.50. The fraction of sp³-hybridized carbons (Fsp3) is 0.111. The minimum Gasteiger partial charge on any atom is -0.398 e. The van der Waals surface area contributed by atoms with Crippen molar-refractivity contribution in [1.29, 1.82) is 5.26 Å². The van der Waals surface area contributed by atoms with Crippen molar-refractivity contribution in [2.24, 2.45) is 0 Å². The monoisotopic (exact) mass is 159 g/mol. The van der Waals surface area contributed by atoms with Crippen LogP contribution in [0.25, 0.3) is 5.57 Å². The third-order valence-corrected chi connectivity index (χ3v) is 1.50. The van der Waals surface area contributed by atoms with E-state index in [1.54, 1.807) is 19.2 Å². The average Bonchev–Trinajstić information content (AvgIpc) is 2.03. The number of pyridine rings is 1. The van der Waals surface area contributed by atoms with Crippen LogP contribution in [0.2, 0.25) is 0 Å². The Morgan fingerprint density at radius 2 is 2.42 bits per heavy atom. The molecule has 0 radical (unpaired) electrons. The molecule has 60 valence electrons. The van der Waals surface area contributed by atoms with Gasteiger partial charge in [-0.1, -0.05) is 6.58 Å². The number of hydrogen-bond donors (Lipinski definition) is 1. The number of hydrogen-bond acceptors (Lipinski definition) is 3. The summed E-state index contributed by atoms with van der Waals surface area (Å²) < 4.78 is 0. The molecule has 0 aromatic carbocycles. The van der Waals surface area contributed by atoms with Crippen LogP contribution in [-0.4, -0.2) is 4.98 Å². The lowest BCUT2D eigenvalue weighted by Crippen LogP contribution is -1.97. The minimum absolute atomic E-state index is 0.407. The highest BCUT2D eigenvalue weighted by atomic mass is 14.7. The second kappa shape index (κ2) is 3.05. The van der Waals surface area contributed by atoms with E-state index in [0.29, 0.717) is 16.9 Å². The molecule has 3 heteroatoms. The first-order valence-corrected chi connectivity index (χ1v) is 3.47. The Morgan fingerprint density at radius 1 is 1.75 bits per heavy atom. The largest absolute Gasteiger partial charge is 0.398 e. The van der Waals surface area contributed by atoms with Crippen LogP contribution in [0, 0.1) is 11.3 Å². The molecule has 1 aromatic rings. The maximum absolute atomic E-state index is 8.74. The van der Waals surface area contributed by atoms with Gasteiger partial charge in [0.25, 0.3) is 0 Å². The van der Waals surface area contributed by atoms with E-state index < -0.39 is 0 Å². The zero-order valence-electron chi connectivity index (χ0n) is 6.83. The van der Waals surface area contributed by atoms with Crippen LogP contribution < -0.4 is 5.73 Å². The van der Waals surface area contributed by atoms with Crippen LogP contribution >= 0.6 is 0 Å². The summed E-state index contributed by atoms with van der Waals surface area (Å²) in [7, 11) is 0. The number of anilines is 1. The number of rotatable bonds is 1. The number of allylic oxidation sites excluding steroid dienone is 1. The summed E-state index contributed by atoms with van der Waals surface area (Å²) >= 11 is 0. The molecule has 0 aliphatic carbocycles. The fourth-order valence-corrected chi connectivity index (χ4v) is 0.918. The van der Waals surface area contributed by atoms with Gasteiger partial charge < -0.3 is 5.73 Å². The Labute approximate surface area is 71.2 Å². The van der Waals surface area contributed by atoms with Crippen molar-refractivity contribution in [3.05, 3.63) is 30.1 Å². The highest BCUT2D eigenvalue weighted by Crippen LogP contribution is 2.18. The quantitative estimate of drug-likeness (QED) is 0.676. The molecule has 1 aromatic heterocycles. The molecule has 0 spiro atoms. The molecule has 1 heterocycles. The molecule has 0 saturated carbocycles. The second-order valence-electron chi connectivity index (χ2n) is 2.52. The van der Waals surface area contributed by atoms with Gasteiger partial charge in [0.2, 0.25) is 0 Å². The summed E-state index contributed by atoms with van der Waals surface area (Å²) in [6, 6.07) is 3.60. The minimum atomic E-state index is 0.407. The van der Waals surface area contributed by atoms with E-state index >= 15 is 0 Å². The van der Waals surface area contributed by atoms with Gasteiger partial charge in [0, 0.05) is 6.20 Å². The number of nitriles is 1. The van der Waals surface area contributed by atoms with Crippen molar-refractivity contribution in [2.45, 2.75) is 6.92 Å². The molecular weight excluding hydrogens is 150 g/mol. The lowest BCUT2D eigenvalue weighted by molar-refractivity contribution is 1.25. The van der Waals surface area contributed by atoms with Gasteiger partial charge in [0.1, 0.15) is 11.6 Å². The first-order chi connectivity index (χ1) is 5.66. The average molecular weight is 159 g/mol. The predicted molar refractivity (Wildman–Crippen MR) is 48.1 cm³/mol.